The zero-order valence-electron chi connectivity index (χ0n) is 13.3. The molecular formula is C16H26N4O2. The molecule has 0 bridgehead atoms. The van der Waals surface area contributed by atoms with Crippen LogP contribution >= 0.6 is 0 Å². The first-order valence-corrected chi connectivity index (χ1v) is 8.33. The number of hydrogen-bond acceptors (Lipinski definition) is 3. The fourth-order valence-corrected chi connectivity index (χ4v) is 3.39. The highest BCUT2D eigenvalue weighted by Gasteiger charge is 2.22. The predicted octanol–water partition coefficient (Wildman–Crippen LogP) is 1.66. The Bertz CT molecular complexity index is 496. The molecule has 0 unspecified atom stereocenters. The lowest BCUT2D eigenvalue weighted by molar-refractivity contribution is 0.104. The first-order valence-electron chi connectivity index (χ1n) is 8.33. The van der Waals surface area contributed by atoms with Crippen molar-refractivity contribution in [3.63, 3.8) is 0 Å². The number of carbonyl (C=O) groups excluding carboxylic acids is 1. The van der Waals surface area contributed by atoms with Crippen LogP contribution in [-0.2, 0) is 17.7 Å². The van der Waals surface area contributed by atoms with E-state index in [1.807, 2.05) is 19.4 Å². The lowest BCUT2D eigenvalue weighted by atomic mass is 9.97. The van der Waals surface area contributed by atoms with Crippen LogP contribution in [-0.4, -0.2) is 53.3 Å². The van der Waals surface area contributed by atoms with Gasteiger partial charge in [0.15, 0.2) is 0 Å². The second-order valence-electron chi connectivity index (χ2n) is 6.43. The zero-order valence-corrected chi connectivity index (χ0v) is 13.3. The Morgan fingerprint density at radius 3 is 3.27 bits per heavy atom. The molecule has 6 heteroatoms. The number of urea groups is 1. The molecule has 6 nitrogen and oxygen atoms in total. The van der Waals surface area contributed by atoms with Crippen LogP contribution in [0.15, 0.2) is 12.4 Å². The summed E-state index contributed by atoms with van der Waals surface area (Å²) in [6.07, 6.45) is 9.49. The summed E-state index contributed by atoms with van der Waals surface area (Å²) in [6.45, 7) is 3.37. The molecule has 2 aliphatic heterocycles. The van der Waals surface area contributed by atoms with Crippen LogP contribution in [0.3, 0.4) is 0 Å². The molecule has 3 rings (SSSR count). The fourth-order valence-electron chi connectivity index (χ4n) is 3.39. The Kier molecular flexibility index (Phi) is 4.97. The standard InChI is InChI=1S/C16H26N4O2/c1-19(16(21)18-6-4-14-3-2-10-22-14)12-13-5-8-20-9-7-17-15(20)11-13/h7,9,13-14H,2-6,8,10-12H2,1H3,(H,18,21)/t13-,14-/m0/s1. The van der Waals surface area contributed by atoms with Gasteiger partial charge in [0.1, 0.15) is 5.82 Å². The van der Waals surface area contributed by atoms with Crippen molar-refractivity contribution in [3.8, 4) is 0 Å². The van der Waals surface area contributed by atoms with Gasteiger partial charge in [-0.2, -0.15) is 0 Å². The molecule has 2 amide bonds. The van der Waals surface area contributed by atoms with Crippen LogP contribution < -0.4 is 5.32 Å². The zero-order chi connectivity index (χ0) is 15.4. The molecule has 0 radical (unpaired) electrons. The minimum atomic E-state index is 0.0203. The lowest BCUT2D eigenvalue weighted by Crippen LogP contribution is -2.42. The largest absolute Gasteiger partial charge is 0.378 e. The van der Waals surface area contributed by atoms with E-state index in [9.17, 15) is 4.79 Å². The van der Waals surface area contributed by atoms with Crippen molar-refractivity contribution in [1.82, 2.24) is 19.8 Å². The molecule has 3 heterocycles. The van der Waals surface area contributed by atoms with Gasteiger partial charge in [-0.1, -0.05) is 0 Å². The van der Waals surface area contributed by atoms with Gasteiger partial charge in [0.2, 0.25) is 0 Å². The Morgan fingerprint density at radius 1 is 1.55 bits per heavy atom. The van der Waals surface area contributed by atoms with Crippen molar-refractivity contribution >= 4 is 6.03 Å². The van der Waals surface area contributed by atoms with Gasteiger partial charge in [0, 0.05) is 52.1 Å². The van der Waals surface area contributed by atoms with Crippen LogP contribution in [0.25, 0.3) is 0 Å². The predicted molar refractivity (Wildman–Crippen MR) is 83.7 cm³/mol. The van der Waals surface area contributed by atoms with Crippen LogP contribution in [0.2, 0.25) is 0 Å². The number of nitrogens with one attached hydrogen (secondary N) is 1. The van der Waals surface area contributed by atoms with Gasteiger partial charge in [-0.3, -0.25) is 0 Å². The summed E-state index contributed by atoms with van der Waals surface area (Å²) in [4.78, 5) is 18.3. The molecule has 0 saturated carbocycles. The first-order chi connectivity index (χ1) is 10.7. The maximum atomic E-state index is 12.1. The summed E-state index contributed by atoms with van der Waals surface area (Å²) in [7, 11) is 1.88. The van der Waals surface area contributed by atoms with Crippen molar-refractivity contribution in [2.45, 2.75) is 44.8 Å². The molecule has 122 valence electrons. The van der Waals surface area contributed by atoms with Crippen LogP contribution in [0.4, 0.5) is 4.79 Å². The molecule has 0 aromatic carbocycles. The minimum absolute atomic E-state index is 0.0203. The van der Waals surface area contributed by atoms with E-state index >= 15 is 0 Å². The quantitative estimate of drug-likeness (QED) is 0.900. The third kappa shape index (κ3) is 3.80. The van der Waals surface area contributed by atoms with E-state index in [0.29, 0.717) is 18.6 Å². The number of rotatable bonds is 5. The molecule has 1 aromatic rings. The fraction of sp³-hybridized carbons (Fsp3) is 0.750. The van der Waals surface area contributed by atoms with E-state index in [1.54, 1.807) is 4.90 Å². The number of hydrogen-bond donors (Lipinski definition) is 1. The molecule has 2 aliphatic rings. The second-order valence-corrected chi connectivity index (χ2v) is 6.43. The molecular weight excluding hydrogens is 280 g/mol. The Hall–Kier alpha value is -1.56. The third-order valence-electron chi connectivity index (χ3n) is 4.70. The van der Waals surface area contributed by atoms with Gasteiger partial charge < -0.3 is 19.5 Å². The van der Waals surface area contributed by atoms with Gasteiger partial charge >= 0.3 is 6.03 Å². The Labute approximate surface area is 131 Å². The first kappa shape index (κ1) is 15.3. The van der Waals surface area contributed by atoms with Gasteiger partial charge in [-0.05, 0) is 31.6 Å². The van der Waals surface area contributed by atoms with E-state index in [-0.39, 0.29) is 6.03 Å². The van der Waals surface area contributed by atoms with Crippen molar-refractivity contribution in [2.75, 3.05) is 26.7 Å². The van der Waals surface area contributed by atoms with Crippen molar-refractivity contribution in [1.29, 1.82) is 0 Å². The molecule has 22 heavy (non-hydrogen) atoms. The minimum Gasteiger partial charge on any atom is -0.378 e. The highest BCUT2D eigenvalue weighted by molar-refractivity contribution is 5.73. The van der Waals surface area contributed by atoms with Crippen molar-refractivity contribution in [2.24, 2.45) is 5.92 Å². The maximum absolute atomic E-state index is 12.1. The SMILES string of the molecule is CN(C[C@H]1CCn2ccnc2C1)C(=O)NCC[C@@H]1CCCO1. The van der Waals surface area contributed by atoms with E-state index in [2.05, 4.69) is 14.9 Å². The molecule has 0 spiro atoms. The van der Waals surface area contributed by atoms with Crippen LogP contribution in [0.5, 0.6) is 0 Å². The van der Waals surface area contributed by atoms with Gasteiger partial charge in [-0.15, -0.1) is 0 Å². The normalized spacial score (nSPS) is 24.0. The van der Waals surface area contributed by atoms with Crippen LogP contribution in [0.1, 0.15) is 31.5 Å². The Balaban J connectivity index is 1.38. The average molecular weight is 306 g/mol. The van der Waals surface area contributed by atoms with Crippen molar-refractivity contribution < 1.29 is 9.53 Å². The molecule has 1 saturated heterocycles. The highest BCUT2D eigenvalue weighted by atomic mass is 16.5. The molecule has 1 aromatic heterocycles. The van der Waals surface area contributed by atoms with Crippen molar-refractivity contribution in [3.05, 3.63) is 18.2 Å². The number of fused-ring (bicyclic) bond motifs is 1. The third-order valence-corrected chi connectivity index (χ3v) is 4.70. The second kappa shape index (κ2) is 7.13. The van der Waals surface area contributed by atoms with E-state index in [1.165, 1.54) is 0 Å². The Morgan fingerprint density at radius 2 is 2.45 bits per heavy atom. The number of amides is 2. The van der Waals surface area contributed by atoms with Gasteiger partial charge in [-0.25, -0.2) is 9.78 Å². The maximum Gasteiger partial charge on any atom is 0.317 e. The summed E-state index contributed by atoms with van der Waals surface area (Å²) in [5.74, 6) is 1.65. The molecule has 1 N–H and O–H groups in total. The highest BCUT2D eigenvalue weighted by Crippen LogP contribution is 2.19. The average Bonchev–Trinajstić information content (AvgIpc) is 3.17. The topological polar surface area (TPSA) is 59.4 Å². The summed E-state index contributed by atoms with van der Waals surface area (Å²) < 4.78 is 7.77. The smallest absolute Gasteiger partial charge is 0.317 e. The van der Waals surface area contributed by atoms with E-state index in [0.717, 1.165) is 57.6 Å². The molecule has 2 atom stereocenters. The van der Waals surface area contributed by atoms with Crippen LogP contribution in [0, 0.1) is 5.92 Å². The summed E-state index contributed by atoms with van der Waals surface area (Å²) in [5.41, 5.74) is 0. The summed E-state index contributed by atoms with van der Waals surface area (Å²) in [5, 5.41) is 3.00. The number of nitrogens with zero attached hydrogens (tertiary/aromatic N) is 3. The summed E-state index contributed by atoms with van der Waals surface area (Å²) >= 11 is 0. The van der Waals surface area contributed by atoms with E-state index < -0.39 is 0 Å². The number of ether oxygens (including phenoxy) is 1. The number of carbonyl (C=O) groups is 1. The number of aromatic nitrogens is 2. The number of imidazole rings is 1. The van der Waals surface area contributed by atoms with E-state index in [4.69, 9.17) is 4.74 Å². The van der Waals surface area contributed by atoms with Gasteiger partial charge in [0.25, 0.3) is 0 Å². The summed E-state index contributed by atoms with van der Waals surface area (Å²) in [6, 6.07) is 0.0203. The molecule has 1 fully saturated rings. The molecule has 0 aliphatic carbocycles. The monoisotopic (exact) mass is 306 g/mol. The number of aryl methyl sites for hydroxylation is 1. The lowest BCUT2D eigenvalue weighted by Gasteiger charge is -2.28. The van der Waals surface area contributed by atoms with Gasteiger partial charge in [0.05, 0.1) is 6.10 Å².